The van der Waals surface area contributed by atoms with Crippen LogP contribution in [-0.2, 0) is 4.57 Å². The Morgan fingerprint density at radius 1 is 0.386 bits per heavy atom. The Morgan fingerprint density at radius 2 is 0.705 bits per heavy atom. The summed E-state index contributed by atoms with van der Waals surface area (Å²) in [6.45, 7) is 0. The summed E-state index contributed by atoms with van der Waals surface area (Å²) in [4.78, 5) is 25.1. The smallest absolute Gasteiger partial charge is 0.321 e. The van der Waals surface area contributed by atoms with Gasteiger partial charge in [-0.1, -0.05) is 103 Å². The largest absolute Gasteiger partial charge is 0.356 e. The van der Waals surface area contributed by atoms with Gasteiger partial charge in [0.1, 0.15) is 0 Å². The van der Waals surface area contributed by atoms with Gasteiger partial charge in [0.25, 0.3) is 0 Å². The summed E-state index contributed by atoms with van der Waals surface area (Å²) >= 11 is 0. The monoisotopic (exact) mass is 592 g/mol. The molecule has 0 saturated carbocycles. The molecule has 0 spiro atoms. The van der Waals surface area contributed by atoms with Crippen LogP contribution in [0.3, 0.4) is 0 Å². The maximum Gasteiger partial charge on any atom is 0.356 e. The minimum absolute atomic E-state index is 0.0282. The Labute approximate surface area is 256 Å². The van der Waals surface area contributed by atoms with Gasteiger partial charge in [0.05, 0.1) is 16.7 Å². The molecule has 0 bridgehead atoms. The van der Waals surface area contributed by atoms with Crippen molar-refractivity contribution in [3.05, 3.63) is 164 Å². The van der Waals surface area contributed by atoms with E-state index in [0.717, 1.165) is 55.7 Å². The Morgan fingerprint density at radius 3 is 1.07 bits per heavy atom. The first-order valence-corrected chi connectivity index (χ1v) is 16.0. The van der Waals surface area contributed by atoms with E-state index in [1.165, 1.54) is 0 Å². The van der Waals surface area contributed by atoms with Crippen molar-refractivity contribution in [3.8, 4) is 0 Å². The van der Waals surface area contributed by atoms with Crippen LogP contribution >= 0.6 is 7.60 Å². The summed E-state index contributed by atoms with van der Waals surface area (Å²) in [5.41, 5.74) is 5.58. The van der Waals surface area contributed by atoms with E-state index in [0.29, 0.717) is 0 Å². The molecule has 5 nitrogen and oxygen atoms in total. The second-order valence-electron chi connectivity index (χ2n) is 10.5. The van der Waals surface area contributed by atoms with Crippen LogP contribution in [0.15, 0.2) is 164 Å². The van der Waals surface area contributed by atoms with Crippen molar-refractivity contribution >= 4 is 68.6 Å². The summed E-state index contributed by atoms with van der Waals surface area (Å²) in [7, 11) is -4.56. The summed E-state index contributed by atoms with van der Waals surface area (Å²) in [5, 5.41) is 3.51. The average molecular weight is 593 g/mol. The number of fused-ring (bicyclic) bond motifs is 2. The molecular formula is C38H29N2O3P. The van der Waals surface area contributed by atoms with Gasteiger partial charge in [-0.25, -0.2) is 0 Å². The van der Waals surface area contributed by atoms with Crippen molar-refractivity contribution in [1.29, 1.82) is 0 Å². The first kappa shape index (κ1) is 27.6. The molecule has 0 atom stereocenters. The van der Waals surface area contributed by atoms with Crippen molar-refractivity contribution in [2.45, 2.75) is 0 Å². The summed E-state index contributed by atoms with van der Waals surface area (Å²) in [5.74, 6) is 0. The van der Waals surface area contributed by atoms with E-state index in [1.807, 2.05) is 91.0 Å². The van der Waals surface area contributed by atoms with E-state index in [2.05, 4.69) is 70.5 Å². The lowest BCUT2D eigenvalue weighted by Crippen LogP contribution is -2.15. The van der Waals surface area contributed by atoms with Crippen LogP contribution in [0.1, 0.15) is 0 Å². The van der Waals surface area contributed by atoms with Crippen molar-refractivity contribution in [1.82, 2.24) is 0 Å². The summed E-state index contributed by atoms with van der Waals surface area (Å²) < 4.78 is 12.7. The standard InChI is InChI=1S/C38H29N2O3P/c41-44(42,43)32-25-26-35-36(27-32)38(40(30-19-9-3-10-20-30)31-21-11-4-12-22-31)34-24-14-13-23-33(34)37(35)39(28-15-5-1-6-16-28)29-17-7-2-8-18-29/h1-27H,(H2,41,42,43). The van der Waals surface area contributed by atoms with Gasteiger partial charge in [-0.05, 0) is 60.7 Å². The fourth-order valence-corrected chi connectivity index (χ4v) is 6.47. The fraction of sp³-hybridized carbons (Fsp3) is 0. The molecule has 0 aliphatic rings. The molecule has 6 heteroatoms. The van der Waals surface area contributed by atoms with E-state index in [4.69, 9.17) is 0 Å². The summed E-state index contributed by atoms with van der Waals surface area (Å²) in [6, 6.07) is 53.8. The lowest BCUT2D eigenvalue weighted by atomic mass is 9.95. The van der Waals surface area contributed by atoms with Gasteiger partial charge in [-0.3, -0.25) is 4.57 Å². The highest BCUT2D eigenvalue weighted by Gasteiger charge is 2.27. The second kappa shape index (κ2) is 11.5. The van der Waals surface area contributed by atoms with Gasteiger partial charge in [0.15, 0.2) is 0 Å². The number of hydrogen-bond donors (Lipinski definition) is 2. The van der Waals surface area contributed by atoms with Crippen LogP contribution in [0, 0.1) is 0 Å². The van der Waals surface area contributed by atoms with Crippen LogP contribution in [0.25, 0.3) is 21.5 Å². The lowest BCUT2D eigenvalue weighted by Gasteiger charge is -2.33. The molecule has 0 saturated heterocycles. The minimum Gasteiger partial charge on any atom is -0.321 e. The predicted molar refractivity (Wildman–Crippen MR) is 182 cm³/mol. The van der Waals surface area contributed by atoms with Crippen molar-refractivity contribution in [2.75, 3.05) is 9.80 Å². The number of nitrogens with zero attached hydrogens (tertiary/aromatic N) is 2. The molecule has 7 aromatic carbocycles. The molecule has 0 unspecified atom stereocenters. The summed E-state index contributed by atoms with van der Waals surface area (Å²) in [6.07, 6.45) is 0. The topological polar surface area (TPSA) is 64.0 Å². The Kier molecular flexibility index (Phi) is 7.21. The Hall–Kier alpha value is -5.19. The predicted octanol–water partition coefficient (Wildman–Crippen LogP) is 9.74. The van der Waals surface area contributed by atoms with E-state index < -0.39 is 7.60 Å². The highest BCUT2D eigenvalue weighted by Crippen LogP contribution is 2.51. The van der Waals surface area contributed by atoms with Crippen molar-refractivity contribution < 1.29 is 14.4 Å². The number of para-hydroxylation sites is 4. The van der Waals surface area contributed by atoms with Gasteiger partial charge in [-0.2, -0.15) is 0 Å². The third-order valence-electron chi connectivity index (χ3n) is 7.79. The van der Waals surface area contributed by atoms with Gasteiger partial charge in [-0.15, -0.1) is 0 Å². The zero-order valence-electron chi connectivity index (χ0n) is 23.7. The molecule has 0 aliphatic carbocycles. The zero-order chi connectivity index (χ0) is 30.1. The van der Waals surface area contributed by atoms with Crippen LogP contribution < -0.4 is 15.1 Å². The van der Waals surface area contributed by atoms with E-state index in [-0.39, 0.29) is 5.30 Å². The van der Waals surface area contributed by atoms with Gasteiger partial charge < -0.3 is 19.6 Å². The van der Waals surface area contributed by atoms with Gasteiger partial charge in [0, 0.05) is 44.3 Å². The molecule has 7 aromatic rings. The molecule has 0 amide bonds. The normalized spacial score (nSPS) is 11.5. The highest BCUT2D eigenvalue weighted by atomic mass is 31.2. The average Bonchev–Trinajstić information content (AvgIpc) is 3.07. The first-order valence-electron chi connectivity index (χ1n) is 14.4. The Bertz CT molecular complexity index is 2040. The number of hydrogen-bond acceptors (Lipinski definition) is 3. The molecule has 0 radical (unpaired) electrons. The number of rotatable bonds is 7. The zero-order valence-corrected chi connectivity index (χ0v) is 24.6. The molecule has 0 aromatic heterocycles. The molecular weight excluding hydrogens is 563 g/mol. The fourth-order valence-electron chi connectivity index (χ4n) is 5.91. The maximum atomic E-state index is 12.7. The van der Waals surface area contributed by atoms with Crippen molar-refractivity contribution in [3.63, 3.8) is 0 Å². The third-order valence-corrected chi connectivity index (χ3v) is 8.74. The number of anilines is 6. The van der Waals surface area contributed by atoms with Gasteiger partial charge in [0.2, 0.25) is 0 Å². The van der Waals surface area contributed by atoms with Crippen LogP contribution in [-0.4, -0.2) is 9.79 Å². The molecule has 7 rings (SSSR count). The van der Waals surface area contributed by atoms with Crippen LogP contribution in [0.5, 0.6) is 0 Å². The SMILES string of the molecule is O=P(O)(O)c1ccc2c(N(c3ccccc3)c3ccccc3)c3ccccc3c(N(c3ccccc3)c3ccccc3)c2c1. The molecule has 0 fully saturated rings. The molecule has 0 aliphatic heterocycles. The molecule has 0 heterocycles. The minimum atomic E-state index is -4.56. The second-order valence-corrected chi connectivity index (χ2v) is 12.1. The number of benzene rings is 7. The third kappa shape index (κ3) is 5.04. The quantitative estimate of drug-likeness (QED) is 0.110. The molecule has 2 N–H and O–H groups in total. The van der Waals surface area contributed by atoms with Crippen LogP contribution in [0.2, 0.25) is 0 Å². The van der Waals surface area contributed by atoms with E-state index >= 15 is 0 Å². The lowest BCUT2D eigenvalue weighted by molar-refractivity contribution is 0.387. The maximum absolute atomic E-state index is 12.7. The first-order chi connectivity index (χ1) is 21.5. The van der Waals surface area contributed by atoms with Gasteiger partial charge >= 0.3 is 7.60 Å². The highest BCUT2D eigenvalue weighted by molar-refractivity contribution is 7.60. The van der Waals surface area contributed by atoms with Crippen LogP contribution in [0.4, 0.5) is 34.1 Å². The molecule has 44 heavy (non-hydrogen) atoms. The molecule has 214 valence electrons. The van der Waals surface area contributed by atoms with E-state index in [1.54, 1.807) is 12.1 Å². The Balaban J connectivity index is 1.67. The van der Waals surface area contributed by atoms with Crippen molar-refractivity contribution in [2.24, 2.45) is 0 Å². The van der Waals surface area contributed by atoms with E-state index in [9.17, 15) is 14.4 Å².